The normalized spacial score (nSPS) is 11.4. The maximum atomic E-state index is 12.9. The molecular weight excluding hydrogens is 293 g/mol. The van der Waals surface area contributed by atoms with Gasteiger partial charge < -0.3 is 9.88 Å². The van der Waals surface area contributed by atoms with Crippen molar-refractivity contribution in [3.05, 3.63) is 59.2 Å². The minimum atomic E-state index is -0.519. The minimum Gasteiger partial charge on any atom is -0.349 e. The van der Waals surface area contributed by atoms with E-state index in [9.17, 15) is 14.4 Å². The van der Waals surface area contributed by atoms with Gasteiger partial charge in [0.15, 0.2) is 0 Å². The Kier molecular flexibility index (Phi) is 4.97. The Morgan fingerprint density at radius 2 is 2.00 bits per heavy atom. The lowest BCUT2D eigenvalue weighted by Gasteiger charge is -2.08. The van der Waals surface area contributed by atoms with E-state index in [1.54, 1.807) is 6.08 Å². The molecule has 0 atom stereocenters. The number of halogens is 1. The second-order valence-corrected chi connectivity index (χ2v) is 5.55. The lowest BCUT2D eigenvalue weighted by molar-refractivity contribution is -0.112. The third kappa shape index (κ3) is 4.07. The Labute approximate surface area is 134 Å². The summed E-state index contributed by atoms with van der Waals surface area (Å²) in [7, 11) is 0. The second-order valence-electron chi connectivity index (χ2n) is 5.55. The van der Waals surface area contributed by atoms with E-state index in [2.05, 4.69) is 23.7 Å². The van der Waals surface area contributed by atoms with E-state index in [4.69, 9.17) is 0 Å². The number of nitrogens with one attached hydrogen (secondary N) is 1. The van der Waals surface area contributed by atoms with E-state index in [-0.39, 0.29) is 11.4 Å². The van der Waals surface area contributed by atoms with Gasteiger partial charge in [0.05, 0.1) is 0 Å². The highest BCUT2D eigenvalue weighted by molar-refractivity contribution is 6.09. The van der Waals surface area contributed by atoms with E-state index in [0.717, 1.165) is 11.3 Å². The van der Waals surface area contributed by atoms with E-state index in [0.29, 0.717) is 11.7 Å². The number of nitrogens with zero attached hydrogens (tertiary/aromatic N) is 2. The summed E-state index contributed by atoms with van der Waals surface area (Å²) in [6, 6.07) is 9.51. The number of amides is 1. The standard InChI is InChI=1S/C18H18FN3O/c1-12(2)22-11-14(8-13(22)3)9-15(10-20)18(23)21-17-6-4-16(19)5-7-17/h4-9,11-12H,1-3H3,(H,21,23)/b15-9+. The predicted molar refractivity (Wildman–Crippen MR) is 88.2 cm³/mol. The zero-order valence-electron chi connectivity index (χ0n) is 13.3. The highest BCUT2D eigenvalue weighted by Gasteiger charge is 2.11. The van der Waals surface area contributed by atoms with Gasteiger partial charge in [0.25, 0.3) is 5.91 Å². The summed E-state index contributed by atoms with van der Waals surface area (Å²) in [6.07, 6.45) is 3.45. The first-order valence-corrected chi connectivity index (χ1v) is 7.28. The van der Waals surface area contributed by atoms with Gasteiger partial charge in [-0.25, -0.2) is 4.39 Å². The van der Waals surface area contributed by atoms with Crippen LogP contribution in [-0.2, 0) is 4.79 Å². The molecule has 0 aliphatic rings. The van der Waals surface area contributed by atoms with Crippen LogP contribution in [0.1, 0.15) is 31.1 Å². The number of rotatable bonds is 4. The molecule has 0 saturated heterocycles. The van der Waals surface area contributed by atoms with Crippen molar-refractivity contribution < 1.29 is 9.18 Å². The molecule has 1 aromatic carbocycles. The molecule has 2 rings (SSSR count). The summed E-state index contributed by atoms with van der Waals surface area (Å²) < 4.78 is 14.9. The molecular formula is C18H18FN3O. The molecule has 0 unspecified atom stereocenters. The van der Waals surface area contributed by atoms with Crippen LogP contribution in [0, 0.1) is 24.1 Å². The fraction of sp³-hybridized carbons (Fsp3) is 0.222. The van der Waals surface area contributed by atoms with Crippen LogP contribution in [0.4, 0.5) is 10.1 Å². The lowest BCUT2D eigenvalue weighted by atomic mass is 10.2. The van der Waals surface area contributed by atoms with Crippen LogP contribution in [0.5, 0.6) is 0 Å². The van der Waals surface area contributed by atoms with Gasteiger partial charge in [-0.05, 0) is 62.7 Å². The number of nitriles is 1. The van der Waals surface area contributed by atoms with E-state index in [1.165, 1.54) is 24.3 Å². The van der Waals surface area contributed by atoms with Crippen LogP contribution >= 0.6 is 0 Å². The summed E-state index contributed by atoms with van der Waals surface area (Å²) in [6.45, 7) is 6.10. The number of aromatic nitrogens is 1. The molecule has 0 saturated carbocycles. The van der Waals surface area contributed by atoms with Gasteiger partial charge in [0.2, 0.25) is 0 Å². The molecule has 0 spiro atoms. The Bertz CT molecular complexity index is 780. The Morgan fingerprint density at radius 3 is 2.52 bits per heavy atom. The van der Waals surface area contributed by atoms with Crippen LogP contribution in [0.25, 0.3) is 6.08 Å². The van der Waals surface area contributed by atoms with Gasteiger partial charge in [0.1, 0.15) is 17.5 Å². The largest absolute Gasteiger partial charge is 0.349 e. The van der Waals surface area contributed by atoms with Gasteiger partial charge >= 0.3 is 0 Å². The first kappa shape index (κ1) is 16.5. The quantitative estimate of drug-likeness (QED) is 0.683. The van der Waals surface area contributed by atoms with Crippen molar-refractivity contribution in [3.63, 3.8) is 0 Å². The molecule has 0 aliphatic heterocycles. The topological polar surface area (TPSA) is 57.8 Å². The fourth-order valence-electron chi connectivity index (χ4n) is 2.30. The molecule has 1 heterocycles. The van der Waals surface area contributed by atoms with E-state index >= 15 is 0 Å². The summed E-state index contributed by atoms with van der Waals surface area (Å²) in [5.41, 5.74) is 2.29. The molecule has 2 aromatic rings. The van der Waals surface area contributed by atoms with Crippen molar-refractivity contribution in [2.75, 3.05) is 5.32 Å². The molecule has 118 valence electrons. The number of aryl methyl sites for hydroxylation is 1. The molecule has 1 amide bonds. The van der Waals surface area contributed by atoms with Gasteiger partial charge in [-0.2, -0.15) is 5.26 Å². The number of benzene rings is 1. The molecule has 5 heteroatoms. The smallest absolute Gasteiger partial charge is 0.266 e. The third-order valence-corrected chi connectivity index (χ3v) is 3.41. The van der Waals surface area contributed by atoms with Crippen molar-refractivity contribution in [1.29, 1.82) is 5.26 Å². The number of anilines is 1. The van der Waals surface area contributed by atoms with Crippen molar-refractivity contribution in [2.45, 2.75) is 26.8 Å². The third-order valence-electron chi connectivity index (χ3n) is 3.41. The molecule has 0 fully saturated rings. The van der Waals surface area contributed by atoms with Gasteiger partial charge in [-0.15, -0.1) is 0 Å². The van der Waals surface area contributed by atoms with E-state index < -0.39 is 5.91 Å². The Morgan fingerprint density at radius 1 is 1.35 bits per heavy atom. The number of carbonyl (C=O) groups is 1. The summed E-state index contributed by atoms with van der Waals surface area (Å²) in [5, 5.41) is 11.8. The number of hydrogen-bond acceptors (Lipinski definition) is 2. The van der Waals surface area contributed by atoms with Crippen LogP contribution in [0.2, 0.25) is 0 Å². The molecule has 0 radical (unpaired) electrons. The van der Waals surface area contributed by atoms with Crippen LogP contribution in [-0.4, -0.2) is 10.5 Å². The average Bonchev–Trinajstić information content (AvgIpc) is 2.88. The molecule has 1 N–H and O–H groups in total. The summed E-state index contributed by atoms with van der Waals surface area (Å²) >= 11 is 0. The number of carbonyl (C=O) groups excluding carboxylic acids is 1. The zero-order chi connectivity index (χ0) is 17.0. The molecule has 0 bridgehead atoms. The monoisotopic (exact) mass is 311 g/mol. The van der Waals surface area contributed by atoms with Crippen molar-refractivity contribution in [1.82, 2.24) is 4.57 Å². The van der Waals surface area contributed by atoms with Gasteiger partial charge in [-0.3, -0.25) is 4.79 Å². The zero-order valence-corrected chi connectivity index (χ0v) is 13.3. The van der Waals surface area contributed by atoms with Crippen LogP contribution in [0.3, 0.4) is 0 Å². The highest BCUT2D eigenvalue weighted by atomic mass is 19.1. The first-order chi connectivity index (χ1) is 10.9. The Hall–Kier alpha value is -2.87. The van der Waals surface area contributed by atoms with Crippen molar-refractivity contribution in [3.8, 4) is 6.07 Å². The first-order valence-electron chi connectivity index (χ1n) is 7.28. The fourth-order valence-corrected chi connectivity index (χ4v) is 2.30. The molecule has 0 aliphatic carbocycles. The number of hydrogen-bond donors (Lipinski definition) is 1. The highest BCUT2D eigenvalue weighted by Crippen LogP contribution is 2.17. The lowest BCUT2D eigenvalue weighted by Crippen LogP contribution is -2.13. The van der Waals surface area contributed by atoms with Crippen molar-refractivity contribution >= 4 is 17.7 Å². The average molecular weight is 311 g/mol. The summed E-state index contributed by atoms with van der Waals surface area (Å²) in [4.78, 5) is 12.2. The summed E-state index contributed by atoms with van der Waals surface area (Å²) in [5.74, 6) is -0.904. The molecule has 23 heavy (non-hydrogen) atoms. The minimum absolute atomic E-state index is 0.00442. The SMILES string of the molecule is Cc1cc(/C=C(\C#N)C(=O)Nc2ccc(F)cc2)cn1C(C)C. The molecule has 1 aromatic heterocycles. The predicted octanol–water partition coefficient (Wildman–Crippen LogP) is 4.06. The van der Waals surface area contributed by atoms with Gasteiger partial charge in [0, 0.05) is 23.6 Å². The Balaban J connectivity index is 2.21. The maximum absolute atomic E-state index is 12.9. The van der Waals surface area contributed by atoms with Gasteiger partial charge in [-0.1, -0.05) is 0 Å². The van der Waals surface area contributed by atoms with Crippen LogP contribution < -0.4 is 5.32 Å². The maximum Gasteiger partial charge on any atom is 0.266 e. The molecule has 4 nitrogen and oxygen atoms in total. The van der Waals surface area contributed by atoms with Crippen molar-refractivity contribution in [2.24, 2.45) is 0 Å². The van der Waals surface area contributed by atoms with Crippen LogP contribution in [0.15, 0.2) is 42.1 Å². The van der Waals surface area contributed by atoms with E-state index in [1.807, 2.05) is 25.3 Å². The second kappa shape index (κ2) is 6.93.